The van der Waals surface area contributed by atoms with Crippen molar-refractivity contribution in [1.29, 1.82) is 0 Å². The highest BCUT2D eigenvalue weighted by atomic mass is 79.9. The van der Waals surface area contributed by atoms with Crippen molar-refractivity contribution in [1.82, 2.24) is 14.4 Å². The molecular formula is C15H16BrN3O2. The molecule has 0 spiro atoms. The normalized spacial score (nSPS) is 12.4. The minimum atomic E-state index is -0.875. The SMILES string of the molecule is CC(C)(C)c1ccc2nc3[nH]c(CC(=O)O)c(Br)n3c2c1. The van der Waals surface area contributed by atoms with Crippen molar-refractivity contribution in [2.24, 2.45) is 0 Å². The summed E-state index contributed by atoms with van der Waals surface area (Å²) in [6.07, 6.45) is -0.0651. The van der Waals surface area contributed by atoms with Crippen molar-refractivity contribution in [2.45, 2.75) is 32.6 Å². The lowest BCUT2D eigenvalue weighted by atomic mass is 9.87. The van der Waals surface area contributed by atoms with Gasteiger partial charge in [0.1, 0.15) is 4.60 Å². The van der Waals surface area contributed by atoms with Crippen LogP contribution in [0.4, 0.5) is 0 Å². The molecule has 3 aromatic rings. The van der Waals surface area contributed by atoms with Crippen LogP contribution in [0.25, 0.3) is 16.8 Å². The number of carbonyl (C=O) groups is 1. The van der Waals surface area contributed by atoms with Gasteiger partial charge >= 0.3 is 5.97 Å². The summed E-state index contributed by atoms with van der Waals surface area (Å²) in [6.45, 7) is 6.48. The highest BCUT2D eigenvalue weighted by Gasteiger charge is 2.19. The van der Waals surface area contributed by atoms with Gasteiger partial charge in [-0.3, -0.25) is 9.20 Å². The molecule has 0 aliphatic heterocycles. The molecule has 0 bridgehead atoms. The molecule has 0 unspecified atom stereocenters. The molecule has 5 nitrogen and oxygen atoms in total. The molecule has 1 aromatic carbocycles. The van der Waals surface area contributed by atoms with Crippen molar-refractivity contribution >= 4 is 38.7 Å². The van der Waals surface area contributed by atoms with Gasteiger partial charge in [0.2, 0.25) is 5.78 Å². The van der Waals surface area contributed by atoms with Gasteiger partial charge in [-0.15, -0.1) is 0 Å². The van der Waals surface area contributed by atoms with Crippen molar-refractivity contribution in [3.05, 3.63) is 34.1 Å². The number of H-pyrrole nitrogens is 1. The van der Waals surface area contributed by atoms with Gasteiger partial charge in [-0.1, -0.05) is 26.8 Å². The van der Waals surface area contributed by atoms with E-state index in [2.05, 4.69) is 58.8 Å². The fourth-order valence-corrected chi connectivity index (χ4v) is 3.01. The highest BCUT2D eigenvalue weighted by molar-refractivity contribution is 9.10. The van der Waals surface area contributed by atoms with Gasteiger partial charge in [-0.2, -0.15) is 0 Å². The molecule has 0 aliphatic carbocycles. The zero-order chi connectivity index (χ0) is 15.4. The number of imidazole rings is 2. The van der Waals surface area contributed by atoms with Gasteiger partial charge in [0.05, 0.1) is 23.1 Å². The number of nitrogens with zero attached hydrogens (tertiary/aromatic N) is 2. The van der Waals surface area contributed by atoms with Crippen LogP contribution in [0.15, 0.2) is 22.8 Å². The third-order valence-electron chi connectivity index (χ3n) is 3.56. The van der Waals surface area contributed by atoms with Crippen LogP contribution in [0.5, 0.6) is 0 Å². The van der Waals surface area contributed by atoms with E-state index in [1.54, 1.807) is 0 Å². The Kier molecular flexibility index (Phi) is 3.09. The van der Waals surface area contributed by atoms with Crippen LogP contribution >= 0.6 is 15.9 Å². The Morgan fingerprint density at radius 3 is 2.76 bits per heavy atom. The maximum atomic E-state index is 10.9. The summed E-state index contributed by atoms with van der Waals surface area (Å²) >= 11 is 3.48. The molecule has 0 fully saturated rings. The second-order valence-electron chi connectivity index (χ2n) is 6.19. The van der Waals surface area contributed by atoms with Crippen LogP contribution in [0, 0.1) is 0 Å². The molecule has 6 heteroatoms. The number of rotatable bonds is 2. The number of benzene rings is 1. The summed E-state index contributed by atoms with van der Waals surface area (Å²) in [5.74, 6) is -0.223. The molecule has 2 heterocycles. The summed E-state index contributed by atoms with van der Waals surface area (Å²) in [7, 11) is 0. The Morgan fingerprint density at radius 1 is 1.43 bits per heavy atom. The number of aliphatic carboxylic acids is 1. The van der Waals surface area contributed by atoms with Crippen LogP contribution in [0.2, 0.25) is 0 Å². The zero-order valence-electron chi connectivity index (χ0n) is 12.1. The van der Waals surface area contributed by atoms with Gasteiger partial charge in [0, 0.05) is 0 Å². The van der Waals surface area contributed by atoms with E-state index in [9.17, 15) is 4.79 Å². The summed E-state index contributed by atoms with van der Waals surface area (Å²) in [5, 5.41) is 8.95. The van der Waals surface area contributed by atoms with E-state index in [-0.39, 0.29) is 11.8 Å². The summed E-state index contributed by atoms with van der Waals surface area (Å²) in [4.78, 5) is 18.5. The van der Waals surface area contributed by atoms with Gasteiger partial charge < -0.3 is 10.1 Å². The average molecular weight is 350 g/mol. The maximum Gasteiger partial charge on any atom is 0.309 e. The van der Waals surface area contributed by atoms with E-state index in [4.69, 9.17) is 5.11 Å². The van der Waals surface area contributed by atoms with Crippen LogP contribution in [0.3, 0.4) is 0 Å². The molecule has 0 atom stereocenters. The van der Waals surface area contributed by atoms with E-state index < -0.39 is 5.97 Å². The van der Waals surface area contributed by atoms with Crippen LogP contribution in [-0.2, 0) is 16.6 Å². The molecule has 21 heavy (non-hydrogen) atoms. The Balaban J connectivity index is 2.26. The lowest BCUT2D eigenvalue weighted by Crippen LogP contribution is -2.10. The summed E-state index contributed by atoms with van der Waals surface area (Å²) in [6, 6.07) is 6.19. The first-order chi connectivity index (χ1) is 9.77. The van der Waals surface area contributed by atoms with Crippen molar-refractivity contribution in [3.63, 3.8) is 0 Å². The van der Waals surface area contributed by atoms with Crippen LogP contribution < -0.4 is 0 Å². The first-order valence-electron chi connectivity index (χ1n) is 6.68. The molecule has 2 N–H and O–H groups in total. The fourth-order valence-electron chi connectivity index (χ4n) is 2.41. The second-order valence-corrected chi connectivity index (χ2v) is 6.94. The lowest BCUT2D eigenvalue weighted by molar-refractivity contribution is -0.136. The van der Waals surface area contributed by atoms with Crippen molar-refractivity contribution in [2.75, 3.05) is 0 Å². The molecule has 0 saturated carbocycles. The molecule has 3 rings (SSSR count). The van der Waals surface area contributed by atoms with E-state index >= 15 is 0 Å². The molecule has 0 amide bonds. The number of aromatic amines is 1. The molecule has 2 aromatic heterocycles. The first-order valence-corrected chi connectivity index (χ1v) is 7.47. The Bertz CT molecular complexity index is 855. The van der Waals surface area contributed by atoms with E-state index in [1.165, 1.54) is 5.56 Å². The van der Waals surface area contributed by atoms with Crippen LogP contribution in [0.1, 0.15) is 32.0 Å². The number of hydrogen-bond acceptors (Lipinski definition) is 2. The third kappa shape index (κ3) is 2.33. The molecular weight excluding hydrogens is 334 g/mol. The lowest BCUT2D eigenvalue weighted by Gasteiger charge is -2.18. The number of nitrogens with one attached hydrogen (secondary N) is 1. The Labute approximate surface area is 130 Å². The summed E-state index contributed by atoms with van der Waals surface area (Å²) < 4.78 is 2.64. The van der Waals surface area contributed by atoms with E-state index in [1.807, 2.05) is 10.5 Å². The van der Waals surface area contributed by atoms with Gasteiger partial charge in [-0.05, 0) is 39.0 Å². The molecule has 0 saturated heterocycles. The van der Waals surface area contributed by atoms with Crippen molar-refractivity contribution < 1.29 is 9.90 Å². The van der Waals surface area contributed by atoms with E-state index in [0.29, 0.717) is 16.1 Å². The number of hydrogen-bond donors (Lipinski definition) is 2. The summed E-state index contributed by atoms with van der Waals surface area (Å²) in [5.41, 5.74) is 3.73. The largest absolute Gasteiger partial charge is 0.481 e. The number of carboxylic acids is 1. The minimum absolute atomic E-state index is 0.0466. The monoisotopic (exact) mass is 349 g/mol. The average Bonchev–Trinajstić information content (AvgIpc) is 2.85. The molecule has 0 aliphatic rings. The predicted molar refractivity (Wildman–Crippen MR) is 84.8 cm³/mol. The van der Waals surface area contributed by atoms with Crippen LogP contribution in [-0.4, -0.2) is 25.4 Å². The Morgan fingerprint density at radius 2 is 2.14 bits per heavy atom. The number of halogens is 1. The topological polar surface area (TPSA) is 70.4 Å². The predicted octanol–water partition coefficient (Wildman–Crippen LogP) is 3.50. The standard InChI is InChI=1S/C15H16BrN3O2/c1-15(2,3)8-4-5-9-11(6-8)19-13(16)10(7-12(20)21)18-14(19)17-9/h4-6H,7H2,1-3H3,(H,17,18)(H,20,21). The molecule has 110 valence electrons. The zero-order valence-corrected chi connectivity index (χ0v) is 13.7. The minimum Gasteiger partial charge on any atom is -0.481 e. The van der Waals surface area contributed by atoms with Gasteiger partial charge in [0.25, 0.3) is 0 Å². The maximum absolute atomic E-state index is 10.9. The molecule has 0 radical (unpaired) electrons. The van der Waals surface area contributed by atoms with Crippen molar-refractivity contribution in [3.8, 4) is 0 Å². The second kappa shape index (κ2) is 4.59. The Hall–Kier alpha value is -1.82. The first kappa shape index (κ1) is 14.1. The third-order valence-corrected chi connectivity index (χ3v) is 4.39. The quantitative estimate of drug-likeness (QED) is 0.743. The fraction of sp³-hybridized carbons (Fsp3) is 0.333. The number of aromatic nitrogens is 3. The van der Waals surface area contributed by atoms with Gasteiger partial charge in [0.15, 0.2) is 0 Å². The number of carboxylic acid groups (broad SMARTS) is 1. The van der Waals surface area contributed by atoms with E-state index in [0.717, 1.165) is 11.0 Å². The highest BCUT2D eigenvalue weighted by Crippen LogP contribution is 2.29. The van der Waals surface area contributed by atoms with Gasteiger partial charge in [-0.25, -0.2) is 4.98 Å². The smallest absolute Gasteiger partial charge is 0.309 e. The number of fused-ring (bicyclic) bond motifs is 3.